The molecule has 34 heavy (non-hydrogen) atoms. The molecule has 0 radical (unpaired) electrons. The summed E-state index contributed by atoms with van der Waals surface area (Å²) in [6, 6.07) is 5.60. The van der Waals surface area contributed by atoms with Crippen LogP contribution >= 0.6 is 11.6 Å². The molecule has 5 heteroatoms. The van der Waals surface area contributed by atoms with E-state index in [1.54, 1.807) is 6.07 Å². The Morgan fingerprint density at radius 1 is 0.765 bits per heavy atom. The predicted molar refractivity (Wildman–Crippen MR) is 140 cm³/mol. The maximum Gasteiger partial charge on any atom is 0.178 e. The Kier molecular flexibility index (Phi) is 9.04. The van der Waals surface area contributed by atoms with Gasteiger partial charge in [0.2, 0.25) is 0 Å². The highest BCUT2D eigenvalue weighted by atomic mass is 35.5. The van der Waals surface area contributed by atoms with Gasteiger partial charge in [-0.2, -0.15) is 0 Å². The summed E-state index contributed by atoms with van der Waals surface area (Å²) < 4.78 is 0. The Morgan fingerprint density at radius 3 is 1.82 bits per heavy atom. The van der Waals surface area contributed by atoms with Crippen LogP contribution in [0.5, 0.6) is 0 Å². The highest BCUT2D eigenvalue weighted by Crippen LogP contribution is 2.43. The average molecular weight is 491 g/mol. The average Bonchev–Trinajstić information content (AvgIpc) is 2.69. The van der Waals surface area contributed by atoms with E-state index in [4.69, 9.17) is 11.6 Å². The van der Waals surface area contributed by atoms with Crippen LogP contribution in [0.25, 0.3) is 0 Å². The van der Waals surface area contributed by atoms with E-state index in [0.717, 1.165) is 36.8 Å². The Morgan fingerprint density at radius 2 is 1.26 bits per heavy atom. The normalized spacial score (nSPS) is 17.9. The van der Waals surface area contributed by atoms with Crippen LogP contribution in [-0.4, -0.2) is 20.4 Å². The fourth-order valence-corrected chi connectivity index (χ4v) is 6.45. The summed E-state index contributed by atoms with van der Waals surface area (Å²) in [6.07, 6.45) is 3.94. The van der Waals surface area contributed by atoms with Crippen LogP contribution in [0.1, 0.15) is 118 Å². The van der Waals surface area contributed by atoms with Gasteiger partial charge in [-0.15, -0.1) is 0 Å². The number of hydrogen-bond donors (Lipinski definition) is 4. The molecule has 0 unspecified atom stereocenters. The monoisotopic (exact) mass is 490 g/mol. The van der Waals surface area contributed by atoms with Crippen molar-refractivity contribution in [2.45, 2.75) is 111 Å². The van der Waals surface area contributed by atoms with Gasteiger partial charge in [-0.1, -0.05) is 58.9 Å². The summed E-state index contributed by atoms with van der Waals surface area (Å²) in [7, 11) is 0. The number of aliphatic hydroxyl groups is 4. The highest BCUT2D eigenvalue weighted by Gasteiger charge is 2.32. The first-order chi connectivity index (χ1) is 15.3. The third-order valence-corrected chi connectivity index (χ3v) is 8.00. The first kappa shape index (κ1) is 28.8. The van der Waals surface area contributed by atoms with Gasteiger partial charge in [0, 0.05) is 16.1 Å². The van der Waals surface area contributed by atoms with Crippen LogP contribution in [0.2, 0.25) is 5.02 Å². The molecule has 0 heterocycles. The molecular formula is C29H43ClO4. The third kappa shape index (κ3) is 5.52. The van der Waals surface area contributed by atoms with Gasteiger partial charge in [-0.3, -0.25) is 0 Å². The quantitative estimate of drug-likeness (QED) is 0.363. The molecule has 0 saturated heterocycles. The summed E-state index contributed by atoms with van der Waals surface area (Å²) in [6.45, 7) is 12.8. The van der Waals surface area contributed by atoms with E-state index in [1.807, 2.05) is 19.9 Å². The van der Waals surface area contributed by atoms with Gasteiger partial charge in [0.25, 0.3) is 0 Å². The second-order valence-corrected chi connectivity index (χ2v) is 11.4. The maximum absolute atomic E-state index is 9.40. The predicted octanol–water partition coefficient (Wildman–Crippen LogP) is 6.47. The van der Waals surface area contributed by atoms with E-state index in [0.29, 0.717) is 16.1 Å². The molecule has 4 N–H and O–H groups in total. The minimum atomic E-state index is -1.45. The Hall–Kier alpha value is -1.43. The van der Waals surface area contributed by atoms with Gasteiger partial charge in [0.1, 0.15) is 0 Å². The molecule has 0 atom stereocenters. The van der Waals surface area contributed by atoms with Gasteiger partial charge < -0.3 is 20.4 Å². The van der Waals surface area contributed by atoms with Crippen molar-refractivity contribution in [3.05, 3.63) is 67.7 Å². The second kappa shape index (κ2) is 10.7. The largest absolute Gasteiger partial charge is 0.364 e. The minimum Gasteiger partial charge on any atom is -0.364 e. The summed E-state index contributed by atoms with van der Waals surface area (Å²) in [5.41, 5.74) is 8.51. The molecule has 2 aliphatic carbocycles. The van der Waals surface area contributed by atoms with E-state index in [1.165, 1.54) is 35.1 Å². The Bertz CT molecular complexity index is 1020. The molecule has 0 fully saturated rings. The van der Waals surface area contributed by atoms with Crippen LogP contribution in [0.4, 0.5) is 0 Å². The topological polar surface area (TPSA) is 80.9 Å². The smallest absolute Gasteiger partial charge is 0.178 e. The zero-order valence-corrected chi connectivity index (χ0v) is 21.6. The lowest BCUT2D eigenvalue weighted by atomic mass is 9.70. The Balaban J connectivity index is 0.000000234. The van der Waals surface area contributed by atoms with Crippen molar-refractivity contribution >= 4 is 11.6 Å². The van der Waals surface area contributed by atoms with E-state index in [-0.39, 0.29) is 18.3 Å². The third-order valence-electron chi connectivity index (χ3n) is 7.66. The van der Waals surface area contributed by atoms with Crippen molar-refractivity contribution in [3.63, 3.8) is 0 Å². The van der Waals surface area contributed by atoms with Crippen molar-refractivity contribution in [1.29, 1.82) is 0 Å². The lowest BCUT2D eigenvalue weighted by molar-refractivity contribution is -0.0436. The van der Waals surface area contributed by atoms with Crippen LogP contribution in [-0.2, 0) is 23.7 Å². The van der Waals surface area contributed by atoms with E-state index < -0.39 is 12.6 Å². The number of rotatable bonds is 2. The van der Waals surface area contributed by atoms with Crippen molar-refractivity contribution < 1.29 is 20.4 Å². The van der Waals surface area contributed by atoms with E-state index in [9.17, 15) is 20.4 Å². The molecule has 2 aromatic carbocycles. The molecule has 0 bridgehead atoms. The van der Waals surface area contributed by atoms with Gasteiger partial charge in [0.15, 0.2) is 12.6 Å². The molecular weight excluding hydrogens is 448 g/mol. The van der Waals surface area contributed by atoms with E-state index >= 15 is 0 Å². The summed E-state index contributed by atoms with van der Waals surface area (Å²) in [5, 5.41) is 38.1. The summed E-state index contributed by atoms with van der Waals surface area (Å²) in [4.78, 5) is 0. The number of fused-ring (bicyclic) bond motifs is 2. The SMILES string of the molecule is C.Cc1c(C(O)O)cc(Cl)c2c1C(C)(C)CCC2.Cc1c(C(O)O)ccc2c1C(C)(C)CCC2. The molecule has 0 spiro atoms. The number of halogens is 1. The van der Waals surface area contributed by atoms with Crippen LogP contribution in [0, 0.1) is 13.8 Å². The second-order valence-electron chi connectivity index (χ2n) is 11.0. The van der Waals surface area contributed by atoms with Crippen LogP contribution in [0.15, 0.2) is 18.2 Å². The van der Waals surface area contributed by atoms with Crippen LogP contribution < -0.4 is 0 Å². The number of aryl methyl sites for hydroxylation is 1. The molecule has 4 rings (SSSR count). The van der Waals surface area contributed by atoms with Crippen molar-refractivity contribution in [2.75, 3.05) is 0 Å². The summed E-state index contributed by atoms with van der Waals surface area (Å²) >= 11 is 6.27. The van der Waals surface area contributed by atoms with Gasteiger partial charge >= 0.3 is 0 Å². The first-order valence-corrected chi connectivity index (χ1v) is 12.3. The number of benzene rings is 2. The maximum atomic E-state index is 9.40. The fourth-order valence-electron chi connectivity index (χ4n) is 6.14. The zero-order chi connectivity index (χ0) is 24.7. The van der Waals surface area contributed by atoms with E-state index in [2.05, 4.69) is 33.8 Å². The Labute approximate surface area is 210 Å². The molecule has 190 valence electrons. The molecule has 0 aromatic heterocycles. The van der Waals surface area contributed by atoms with Crippen molar-refractivity contribution in [3.8, 4) is 0 Å². The molecule has 2 aromatic rings. The highest BCUT2D eigenvalue weighted by molar-refractivity contribution is 6.31. The molecule has 4 nitrogen and oxygen atoms in total. The standard InChI is InChI=1S/C14H19ClO2.C14H20O2.CH4/c1-8-10(13(16)17)7-11(15)9-5-4-6-14(2,3)12(8)9;1-9-11(13(15)16)7-6-10-5-4-8-14(2,3)12(9)10;/h7,13,16-17H,4-6H2,1-3H3;6-7,13,15-16H,4-5,8H2,1-3H3;1H4. The zero-order valence-electron chi connectivity index (χ0n) is 20.8. The van der Waals surface area contributed by atoms with Gasteiger partial charge in [-0.25, -0.2) is 0 Å². The molecule has 0 saturated carbocycles. The van der Waals surface area contributed by atoms with Crippen molar-refractivity contribution in [2.24, 2.45) is 0 Å². The minimum absolute atomic E-state index is 0. The van der Waals surface area contributed by atoms with Gasteiger partial charge in [-0.05, 0) is 103 Å². The molecule has 0 amide bonds. The number of aliphatic hydroxyl groups excluding tert-OH is 2. The fraction of sp³-hybridized carbons (Fsp3) is 0.586. The van der Waals surface area contributed by atoms with Crippen molar-refractivity contribution in [1.82, 2.24) is 0 Å². The number of hydrogen-bond acceptors (Lipinski definition) is 4. The summed E-state index contributed by atoms with van der Waals surface area (Å²) in [5.74, 6) is 0. The lowest BCUT2D eigenvalue weighted by Crippen LogP contribution is -2.26. The van der Waals surface area contributed by atoms with Gasteiger partial charge in [0.05, 0.1) is 0 Å². The molecule has 2 aliphatic rings. The lowest BCUT2D eigenvalue weighted by Gasteiger charge is -2.35. The van der Waals surface area contributed by atoms with Crippen LogP contribution in [0.3, 0.4) is 0 Å². The molecule has 0 aliphatic heterocycles. The first-order valence-electron chi connectivity index (χ1n) is 12.0.